The van der Waals surface area contributed by atoms with Crippen LogP contribution in [0.3, 0.4) is 0 Å². The number of aliphatic imine (C=N–C) groups is 1. The first kappa shape index (κ1) is 11.2. The smallest absolute Gasteiger partial charge is 0.196 e. The van der Waals surface area contributed by atoms with Crippen LogP contribution in [0.4, 0.5) is 10.1 Å². The van der Waals surface area contributed by atoms with Crippen molar-refractivity contribution in [3.8, 4) is 0 Å². The molecule has 1 aromatic heterocycles. The summed E-state index contributed by atoms with van der Waals surface area (Å²) in [6.07, 6.45) is 0. The van der Waals surface area contributed by atoms with Gasteiger partial charge in [-0.1, -0.05) is 6.07 Å². The zero-order chi connectivity index (χ0) is 12.5. The number of guanidine groups is 1. The second-order valence-electron chi connectivity index (χ2n) is 3.98. The highest BCUT2D eigenvalue weighted by Crippen LogP contribution is 2.30. The molecule has 0 aliphatic carbocycles. The van der Waals surface area contributed by atoms with Gasteiger partial charge in [0.25, 0.3) is 0 Å². The predicted octanol–water partition coefficient (Wildman–Crippen LogP) is 2.16. The molecule has 2 aromatic rings. The largest absolute Gasteiger partial charge is 0.369 e. The summed E-state index contributed by atoms with van der Waals surface area (Å²) in [6.45, 7) is 0.548. The average Bonchev–Trinajstić information content (AvgIpc) is 2.97. The summed E-state index contributed by atoms with van der Waals surface area (Å²) in [6, 6.07) is 6.29. The molecular formula is C12H11FN4S. The van der Waals surface area contributed by atoms with Gasteiger partial charge in [-0.15, -0.1) is 11.3 Å². The van der Waals surface area contributed by atoms with Gasteiger partial charge in [0.05, 0.1) is 23.8 Å². The van der Waals surface area contributed by atoms with Crippen LogP contribution in [-0.4, -0.2) is 17.5 Å². The number of benzene rings is 1. The van der Waals surface area contributed by atoms with E-state index < -0.39 is 0 Å². The van der Waals surface area contributed by atoms with E-state index in [0.29, 0.717) is 18.2 Å². The van der Waals surface area contributed by atoms with Crippen LogP contribution >= 0.6 is 11.3 Å². The maximum Gasteiger partial charge on any atom is 0.196 e. The Bertz CT molecular complexity index is 582. The number of aromatic nitrogens is 1. The molecule has 1 aliphatic rings. The first-order chi connectivity index (χ1) is 8.75. The number of anilines is 1. The zero-order valence-corrected chi connectivity index (χ0v) is 10.3. The van der Waals surface area contributed by atoms with E-state index in [1.165, 1.54) is 23.5 Å². The van der Waals surface area contributed by atoms with Gasteiger partial charge in [0.15, 0.2) is 5.96 Å². The minimum atomic E-state index is -0.288. The summed E-state index contributed by atoms with van der Waals surface area (Å²) in [5, 5.41) is 1.96. The van der Waals surface area contributed by atoms with E-state index >= 15 is 0 Å². The molecule has 1 unspecified atom stereocenters. The molecule has 0 amide bonds. The zero-order valence-electron chi connectivity index (χ0n) is 9.45. The maximum absolute atomic E-state index is 13.3. The van der Waals surface area contributed by atoms with Crippen LogP contribution in [0.2, 0.25) is 0 Å². The molecule has 2 N–H and O–H groups in total. The van der Waals surface area contributed by atoms with Crippen molar-refractivity contribution in [2.45, 2.75) is 6.04 Å². The minimum Gasteiger partial charge on any atom is -0.369 e. The number of nitrogens with zero attached hydrogens (tertiary/aromatic N) is 3. The lowest BCUT2D eigenvalue weighted by Gasteiger charge is -2.25. The van der Waals surface area contributed by atoms with E-state index in [9.17, 15) is 4.39 Å². The van der Waals surface area contributed by atoms with Gasteiger partial charge in [0.1, 0.15) is 5.82 Å². The molecule has 0 bridgehead atoms. The Balaban J connectivity index is 1.99. The summed E-state index contributed by atoms with van der Waals surface area (Å²) >= 11 is 1.52. The third-order valence-corrected chi connectivity index (χ3v) is 3.47. The van der Waals surface area contributed by atoms with Crippen LogP contribution < -0.4 is 10.6 Å². The van der Waals surface area contributed by atoms with Gasteiger partial charge in [-0.05, 0) is 18.2 Å². The van der Waals surface area contributed by atoms with E-state index in [4.69, 9.17) is 5.73 Å². The van der Waals surface area contributed by atoms with Crippen molar-refractivity contribution in [3.05, 3.63) is 46.7 Å². The van der Waals surface area contributed by atoms with E-state index in [2.05, 4.69) is 9.98 Å². The van der Waals surface area contributed by atoms with Gasteiger partial charge < -0.3 is 10.6 Å². The van der Waals surface area contributed by atoms with Gasteiger partial charge >= 0.3 is 0 Å². The first-order valence-corrected chi connectivity index (χ1v) is 6.43. The highest BCUT2D eigenvalue weighted by molar-refractivity contribution is 7.07. The maximum atomic E-state index is 13.3. The number of thiazole rings is 1. The minimum absolute atomic E-state index is 0.0435. The summed E-state index contributed by atoms with van der Waals surface area (Å²) < 4.78 is 13.3. The molecule has 92 valence electrons. The van der Waals surface area contributed by atoms with Crippen molar-refractivity contribution >= 4 is 23.0 Å². The van der Waals surface area contributed by atoms with Crippen molar-refractivity contribution in [2.75, 3.05) is 11.4 Å². The Hall–Kier alpha value is -1.95. The number of hydrogen-bond acceptors (Lipinski definition) is 5. The van der Waals surface area contributed by atoms with Crippen LogP contribution in [-0.2, 0) is 0 Å². The number of rotatable bonds is 2. The van der Waals surface area contributed by atoms with Crippen molar-refractivity contribution in [1.82, 2.24) is 4.98 Å². The van der Waals surface area contributed by atoms with E-state index in [1.54, 1.807) is 11.6 Å². The Morgan fingerprint density at radius 2 is 2.33 bits per heavy atom. The molecular weight excluding hydrogens is 251 g/mol. The topological polar surface area (TPSA) is 54.5 Å². The molecule has 1 aromatic carbocycles. The highest BCUT2D eigenvalue weighted by Gasteiger charge is 2.30. The molecule has 18 heavy (non-hydrogen) atoms. The molecule has 6 heteroatoms. The fourth-order valence-corrected chi connectivity index (χ4v) is 2.65. The molecule has 3 rings (SSSR count). The number of nitrogens with two attached hydrogens (primary N) is 1. The van der Waals surface area contributed by atoms with E-state index in [1.807, 2.05) is 16.3 Å². The molecule has 1 aliphatic heterocycles. The Morgan fingerprint density at radius 3 is 3.06 bits per heavy atom. The number of hydrogen-bond donors (Lipinski definition) is 1. The van der Waals surface area contributed by atoms with Gasteiger partial charge in [-0.25, -0.2) is 9.37 Å². The Labute approximate surface area is 108 Å². The highest BCUT2D eigenvalue weighted by atomic mass is 32.1. The lowest BCUT2D eigenvalue weighted by molar-refractivity contribution is 0.626. The third-order valence-electron chi connectivity index (χ3n) is 2.86. The molecule has 0 spiro atoms. The van der Waals surface area contributed by atoms with Gasteiger partial charge in [-0.2, -0.15) is 0 Å². The van der Waals surface area contributed by atoms with Gasteiger partial charge in [0, 0.05) is 11.1 Å². The molecule has 1 atom stereocenters. The Kier molecular flexibility index (Phi) is 2.71. The van der Waals surface area contributed by atoms with Crippen molar-refractivity contribution in [3.63, 3.8) is 0 Å². The standard InChI is InChI=1S/C12H11FN4S/c13-8-2-1-3-9(4-8)17-11(5-15-12(17)14)10-6-18-7-16-10/h1-4,6-7,11H,5H2,(H2,14,15). The molecule has 4 nitrogen and oxygen atoms in total. The lowest BCUT2D eigenvalue weighted by Crippen LogP contribution is -2.36. The monoisotopic (exact) mass is 262 g/mol. The van der Waals surface area contributed by atoms with Gasteiger partial charge in [0.2, 0.25) is 0 Å². The second kappa shape index (κ2) is 4.38. The third kappa shape index (κ3) is 1.84. The van der Waals surface area contributed by atoms with Gasteiger partial charge in [-0.3, -0.25) is 4.99 Å². The first-order valence-electron chi connectivity index (χ1n) is 5.48. The number of halogens is 1. The summed E-state index contributed by atoms with van der Waals surface area (Å²) in [4.78, 5) is 10.3. The fraction of sp³-hybridized carbons (Fsp3) is 0.167. The molecule has 0 saturated carbocycles. The van der Waals surface area contributed by atoms with Crippen molar-refractivity contribution < 1.29 is 4.39 Å². The summed E-state index contributed by atoms with van der Waals surface area (Å²) in [7, 11) is 0. The van der Waals surface area contributed by atoms with Crippen molar-refractivity contribution in [1.29, 1.82) is 0 Å². The van der Waals surface area contributed by atoms with Crippen LogP contribution in [0, 0.1) is 5.82 Å². The van der Waals surface area contributed by atoms with Crippen LogP contribution in [0.5, 0.6) is 0 Å². The molecule has 0 fully saturated rings. The summed E-state index contributed by atoms with van der Waals surface area (Å²) in [5.41, 5.74) is 9.27. The van der Waals surface area contributed by atoms with Crippen LogP contribution in [0.15, 0.2) is 40.1 Å². The predicted molar refractivity (Wildman–Crippen MR) is 70.2 cm³/mol. The quantitative estimate of drug-likeness (QED) is 0.902. The average molecular weight is 262 g/mol. The molecule has 2 heterocycles. The lowest BCUT2D eigenvalue weighted by atomic mass is 10.2. The molecule has 0 radical (unpaired) electrons. The van der Waals surface area contributed by atoms with E-state index in [-0.39, 0.29) is 11.9 Å². The normalized spacial score (nSPS) is 19.1. The van der Waals surface area contributed by atoms with E-state index in [0.717, 1.165) is 5.69 Å². The van der Waals surface area contributed by atoms with Crippen LogP contribution in [0.25, 0.3) is 0 Å². The SMILES string of the molecule is NC1=NCC(c2cscn2)N1c1cccc(F)c1. The second-order valence-corrected chi connectivity index (χ2v) is 4.70. The van der Waals surface area contributed by atoms with Crippen molar-refractivity contribution in [2.24, 2.45) is 10.7 Å². The fourth-order valence-electron chi connectivity index (χ4n) is 2.05. The van der Waals surface area contributed by atoms with Crippen LogP contribution in [0.1, 0.15) is 11.7 Å². The summed E-state index contributed by atoms with van der Waals surface area (Å²) in [5.74, 6) is 0.114. The Morgan fingerprint density at radius 1 is 1.44 bits per heavy atom. The molecule has 0 saturated heterocycles.